The van der Waals surface area contributed by atoms with Crippen molar-refractivity contribution in [2.75, 3.05) is 20.2 Å². The van der Waals surface area contributed by atoms with E-state index in [0.29, 0.717) is 0 Å². The molecule has 1 aromatic rings. The van der Waals surface area contributed by atoms with Gasteiger partial charge in [0.25, 0.3) is 0 Å². The maximum Gasteiger partial charge on any atom is 0.137 e. The van der Waals surface area contributed by atoms with Crippen LogP contribution < -0.4 is 10.1 Å². The Labute approximate surface area is 97.5 Å². The first-order valence-corrected chi connectivity index (χ1v) is 5.64. The number of pyridine rings is 1. The highest BCUT2D eigenvalue weighted by molar-refractivity contribution is 5.63. The van der Waals surface area contributed by atoms with Gasteiger partial charge in [0.1, 0.15) is 5.75 Å². The van der Waals surface area contributed by atoms with E-state index in [0.717, 1.165) is 30.8 Å². The van der Waals surface area contributed by atoms with Gasteiger partial charge < -0.3 is 10.1 Å². The lowest BCUT2D eigenvalue weighted by Gasteiger charge is -2.04. The summed E-state index contributed by atoms with van der Waals surface area (Å²) in [6.45, 7) is 6.25. The Morgan fingerprint density at radius 2 is 2.31 bits per heavy atom. The van der Waals surface area contributed by atoms with Gasteiger partial charge in [-0.2, -0.15) is 0 Å². The Bertz CT molecular complexity index is 348. The van der Waals surface area contributed by atoms with Gasteiger partial charge in [-0.3, -0.25) is 4.98 Å². The van der Waals surface area contributed by atoms with Crippen LogP contribution in [-0.4, -0.2) is 25.2 Å². The van der Waals surface area contributed by atoms with E-state index in [2.05, 4.69) is 30.2 Å². The number of methoxy groups -OCH3 is 1. The van der Waals surface area contributed by atoms with Gasteiger partial charge in [-0.15, -0.1) is 0 Å². The van der Waals surface area contributed by atoms with Crippen LogP contribution >= 0.6 is 0 Å². The van der Waals surface area contributed by atoms with Gasteiger partial charge in [0.15, 0.2) is 0 Å². The molecule has 88 valence electrons. The summed E-state index contributed by atoms with van der Waals surface area (Å²) in [5.74, 6) is 0.803. The topological polar surface area (TPSA) is 34.2 Å². The van der Waals surface area contributed by atoms with Gasteiger partial charge in [-0.25, -0.2) is 0 Å². The van der Waals surface area contributed by atoms with Crippen LogP contribution in [-0.2, 0) is 0 Å². The first-order valence-electron chi connectivity index (χ1n) is 5.64. The molecular formula is C13H20N2O. The summed E-state index contributed by atoms with van der Waals surface area (Å²) in [5, 5.41) is 3.29. The van der Waals surface area contributed by atoms with Crippen molar-refractivity contribution in [2.45, 2.75) is 20.3 Å². The molecule has 16 heavy (non-hydrogen) atoms. The average molecular weight is 220 g/mol. The minimum Gasteiger partial charge on any atom is -0.495 e. The summed E-state index contributed by atoms with van der Waals surface area (Å²) in [4.78, 5) is 4.14. The van der Waals surface area contributed by atoms with Crippen LogP contribution in [0.4, 0.5) is 0 Å². The lowest BCUT2D eigenvalue weighted by atomic mass is 10.1. The molecule has 0 bridgehead atoms. The smallest absolute Gasteiger partial charge is 0.137 e. The maximum atomic E-state index is 5.15. The van der Waals surface area contributed by atoms with Crippen molar-refractivity contribution in [3.05, 3.63) is 30.1 Å². The second kappa shape index (κ2) is 7.01. The molecule has 0 saturated carbocycles. The molecule has 3 nitrogen and oxygen atoms in total. The zero-order valence-electron chi connectivity index (χ0n) is 10.3. The molecule has 0 spiro atoms. The highest BCUT2D eigenvalue weighted by atomic mass is 16.5. The molecule has 0 unspecified atom stereocenters. The minimum absolute atomic E-state index is 0.803. The lowest BCUT2D eigenvalue weighted by molar-refractivity contribution is 0.412. The summed E-state index contributed by atoms with van der Waals surface area (Å²) < 4.78 is 5.15. The van der Waals surface area contributed by atoms with Crippen LogP contribution in [0.15, 0.2) is 24.5 Å². The van der Waals surface area contributed by atoms with Crippen molar-refractivity contribution < 1.29 is 4.74 Å². The third kappa shape index (κ3) is 4.03. The fraction of sp³-hybridized carbons (Fsp3) is 0.462. The molecular weight excluding hydrogens is 200 g/mol. The monoisotopic (exact) mass is 220 g/mol. The Morgan fingerprint density at radius 3 is 3.00 bits per heavy atom. The number of ether oxygens (including phenoxy) is 1. The van der Waals surface area contributed by atoms with Gasteiger partial charge >= 0.3 is 0 Å². The van der Waals surface area contributed by atoms with Crippen molar-refractivity contribution >= 4 is 5.57 Å². The second-order valence-electron chi connectivity index (χ2n) is 3.64. The quantitative estimate of drug-likeness (QED) is 0.748. The molecule has 0 aliphatic heterocycles. The van der Waals surface area contributed by atoms with Crippen LogP contribution in [0.3, 0.4) is 0 Å². The van der Waals surface area contributed by atoms with Crippen LogP contribution in [0.2, 0.25) is 0 Å². The van der Waals surface area contributed by atoms with Gasteiger partial charge in [-0.1, -0.05) is 13.0 Å². The number of hydrogen-bond acceptors (Lipinski definition) is 3. The molecule has 0 amide bonds. The Kier molecular flexibility index (Phi) is 5.57. The predicted octanol–water partition coefficient (Wildman–Crippen LogP) is 2.49. The van der Waals surface area contributed by atoms with E-state index in [1.54, 1.807) is 13.3 Å². The fourth-order valence-electron chi connectivity index (χ4n) is 1.43. The predicted molar refractivity (Wildman–Crippen MR) is 67.6 cm³/mol. The number of rotatable bonds is 6. The van der Waals surface area contributed by atoms with Crippen LogP contribution in [0, 0.1) is 0 Å². The molecule has 0 saturated heterocycles. The van der Waals surface area contributed by atoms with Crippen molar-refractivity contribution in [3.63, 3.8) is 0 Å². The van der Waals surface area contributed by atoms with Crippen LogP contribution in [0.5, 0.6) is 5.75 Å². The van der Waals surface area contributed by atoms with E-state index in [1.165, 1.54) is 5.57 Å². The van der Waals surface area contributed by atoms with Crippen molar-refractivity contribution in [3.8, 4) is 5.75 Å². The molecule has 3 heteroatoms. The number of nitrogens with one attached hydrogen (secondary N) is 1. The van der Waals surface area contributed by atoms with Crippen LogP contribution in [0.1, 0.15) is 25.8 Å². The molecule has 1 rings (SSSR count). The zero-order chi connectivity index (χ0) is 11.8. The molecule has 0 radical (unpaired) electrons. The Balaban J connectivity index is 2.60. The molecule has 0 fully saturated rings. The molecule has 0 aliphatic carbocycles. The number of nitrogens with zero attached hydrogens (tertiary/aromatic N) is 1. The third-order valence-electron chi connectivity index (χ3n) is 2.43. The highest BCUT2D eigenvalue weighted by Gasteiger charge is 1.98. The van der Waals surface area contributed by atoms with Gasteiger partial charge in [0.05, 0.1) is 13.3 Å². The second-order valence-corrected chi connectivity index (χ2v) is 3.64. The number of allylic oxidation sites excluding steroid dienone is 1. The van der Waals surface area contributed by atoms with E-state index < -0.39 is 0 Å². The zero-order valence-corrected chi connectivity index (χ0v) is 10.3. The summed E-state index contributed by atoms with van der Waals surface area (Å²) in [6.07, 6.45) is 6.84. The van der Waals surface area contributed by atoms with E-state index in [1.807, 2.05) is 12.3 Å². The van der Waals surface area contributed by atoms with Gasteiger partial charge in [-0.05, 0) is 43.6 Å². The average Bonchev–Trinajstić information content (AvgIpc) is 2.34. The summed E-state index contributed by atoms with van der Waals surface area (Å²) in [5.41, 5.74) is 2.36. The van der Waals surface area contributed by atoms with E-state index in [9.17, 15) is 0 Å². The largest absolute Gasteiger partial charge is 0.495 e. The standard InChI is InChI=1S/C13H20N2O/c1-4-14-7-5-6-11(2)12-8-13(16-3)10-15-9-12/h6,8-10,14H,4-5,7H2,1-3H3/b11-6-. The van der Waals surface area contributed by atoms with E-state index in [4.69, 9.17) is 4.74 Å². The maximum absolute atomic E-state index is 5.15. The first-order chi connectivity index (χ1) is 7.77. The number of hydrogen-bond donors (Lipinski definition) is 1. The summed E-state index contributed by atoms with van der Waals surface area (Å²) in [7, 11) is 1.66. The van der Waals surface area contributed by atoms with E-state index >= 15 is 0 Å². The molecule has 1 aromatic heterocycles. The van der Waals surface area contributed by atoms with E-state index in [-0.39, 0.29) is 0 Å². The van der Waals surface area contributed by atoms with Gasteiger partial charge in [0.2, 0.25) is 0 Å². The van der Waals surface area contributed by atoms with Gasteiger partial charge in [0, 0.05) is 6.20 Å². The van der Waals surface area contributed by atoms with Crippen molar-refractivity contribution in [1.82, 2.24) is 10.3 Å². The lowest BCUT2D eigenvalue weighted by Crippen LogP contribution is -2.13. The molecule has 0 aromatic carbocycles. The molecule has 0 aliphatic rings. The van der Waals surface area contributed by atoms with Crippen LogP contribution in [0.25, 0.3) is 5.57 Å². The van der Waals surface area contributed by atoms with Crippen molar-refractivity contribution in [1.29, 1.82) is 0 Å². The Hall–Kier alpha value is -1.35. The minimum atomic E-state index is 0.803. The first kappa shape index (κ1) is 12.7. The SMILES string of the molecule is CCNCC/C=C(/C)c1cncc(OC)c1. The number of aromatic nitrogens is 1. The summed E-state index contributed by atoms with van der Waals surface area (Å²) in [6, 6.07) is 2.01. The molecule has 1 heterocycles. The molecule has 1 N–H and O–H groups in total. The Morgan fingerprint density at radius 1 is 1.50 bits per heavy atom. The summed E-state index contributed by atoms with van der Waals surface area (Å²) >= 11 is 0. The third-order valence-corrected chi connectivity index (χ3v) is 2.43. The fourth-order valence-corrected chi connectivity index (χ4v) is 1.43. The normalized spacial score (nSPS) is 11.6. The molecule has 0 atom stereocenters. The highest BCUT2D eigenvalue weighted by Crippen LogP contribution is 2.18. The van der Waals surface area contributed by atoms with Crippen molar-refractivity contribution in [2.24, 2.45) is 0 Å².